The summed E-state index contributed by atoms with van der Waals surface area (Å²) in [5, 5.41) is 11.5. The van der Waals surface area contributed by atoms with Gasteiger partial charge >= 0.3 is 94.1 Å². The number of rotatable bonds is 6. The van der Waals surface area contributed by atoms with Crippen LogP contribution in [0, 0.1) is 0 Å². The zero-order valence-electron chi connectivity index (χ0n) is 18.6. The van der Waals surface area contributed by atoms with Gasteiger partial charge in [-0.1, -0.05) is 59.3 Å². The van der Waals surface area contributed by atoms with E-state index < -0.39 is 20.1 Å². The zero-order valence-corrected chi connectivity index (χ0v) is 22.0. The summed E-state index contributed by atoms with van der Waals surface area (Å²) in [5.41, 5.74) is 3.01. The van der Waals surface area contributed by atoms with Gasteiger partial charge in [0.05, 0.1) is 0 Å². The van der Waals surface area contributed by atoms with Crippen molar-refractivity contribution in [1.29, 1.82) is 0 Å². The number of nitrogens with one attached hydrogen (secondary N) is 1. The number of hydrogen-bond acceptors (Lipinski definition) is 5. The second-order valence-corrected chi connectivity index (χ2v) is 11.2. The monoisotopic (exact) mass is 593 g/mol. The molecule has 0 aromatic heterocycles. The first-order chi connectivity index (χ1) is 16.0. The van der Waals surface area contributed by atoms with Gasteiger partial charge in [0, 0.05) is 10.9 Å². The van der Waals surface area contributed by atoms with Crippen LogP contribution in [0.3, 0.4) is 0 Å². The quantitative estimate of drug-likeness (QED) is 0.195. The molecule has 0 heterocycles. The van der Waals surface area contributed by atoms with E-state index >= 15 is 0 Å². The van der Waals surface area contributed by atoms with Crippen LogP contribution in [0.4, 0.5) is 5.69 Å². The molecule has 180 valence electrons. The van der Waals surface area contributed by atoms with Crippen molar-refractivity contribution in [1.82, 2.24) is 0 Å². The molecule has 0 atom stereocenters. The third kappa shape index (κ3) is 8.18. The number of ether oxygens (including phenoxy) is 1. The molecule has 1 amide bonds. The molecule has 0 bridgehead atoms. The van der Waals surface area contributed by atoms with Crippen LogP contribution < -0.4 is 9.67 Å². The van der Waals surface area contributed by atoms with Crippen molar-refractivity contribution in [3.8, 4) is 16.9 Å². The molecule has 0 aliphatic carbocycles. The van der Waals surface area contributed by atoms with E-state index in [2.05, 4.69) is 27.3 Å². The third-order valence-corrected chi connectivity index (χ3v) is 7.23. The van der Waals surface area contributed by atoms with Crippen LogP contribution in [-0.2, 0) is 24.7 Å². The summed E-state index contributed by atoms with van der Waals surface area (Å²) >= 11 is -1.60. The number of para-hydroxylation sites is 1. The van der Waals surface area contributed by atoms with Crippen molar-refractivity contribution in [2.24, 2.45) is 0 Å². The Bertz CT molecular complexity index is 1210. The van der Waals surface area contributed by atoms with E-state index in [4.69, 9.17) is 12.9 Å². The minimum Gasteiger partial charge on any atom is -0.461 e. The van der Waals surface area contributed by atoms with Crippen LogP contribution in [0.25, 0.3) is 11.1 Å². The Morgan fingerprint density at radius 1 is 1.03 bits per heavy atom. The van der Waals surface area contributed by atoms with Gasteiger partial charge in [0.25, 0.3) is 0 Å². The maximum absolute atomic E-state index is 11.2. The van der Waals surface area contributed by atoms with Gasteiger partial charge in [-0.3, -0.25) is 4.79 Å². The predicted octanol–water partition coefficient (Wildman–Crippen LogP) is 3.48. The Kier molecular flexibility index (Phi) is 10.1. The molecule has 3 rings (SSSR count). The molecule has 8 nitrogen and oxygen atoms in total. The Balaban J connectivity index is 0.000000248. The summed E-state index contributed by atoms with van der Waals surface area (Å²) in [4.78, 5) is 21.9. The van der Waals surface area contributed by atoms with Gasteiger partial charge in [0.2, 0.25) is 0 Å². The topological polar surface area (TPSA) is 133 Å². The number of carbonyl (C=O) groups excluding carboxylic acids is 2. The van der Waals surface area contributed by atoms with Gasteiger partial charge in [-0.2, -0.15) is 0 Å². The number of carbonyl (C=O) groups is 2. The van der Waals surface area contributed by atoms with Crippen LogP contribution in [0.5, 0.6) is 5.75 Å². The summed E-state index contributed by atoms with van der Waals surface area (Å²) in [5.74, 6) is -1.06. The molecular weight excluding hydrogens is 569 g/mol. The summed E-state index contributed by atoms with van der Waals surface area (Å²) in [6.07, 6.45) is 0.407. The fourth-order valence-electron chi connectivity index (χ4n) is 2.86. The first kappa shape index (κ1) is 27.4. The van der Waals surface area contributed by atoms with E-state index in [1.54, 1.807) is 6.92 Å². The second-order valence-electron chi connectivity index (χ2n) is 7.09. The smallest absolute Gasteiger partial charge is 0.305 e. The van der Waals surface area contributed by atoms with E-state index in [-0.39, 0.29) is 21.8 Å². The van der Waals surface area contributed by atoms with Crippen LogP contribution in [-0.4, -0.2) is 39.3 Å². The fourth-order valence-corrected chi connectivity index (χ4v) is 4.94. The molecule has 0 saturated heterocycles. The summed E-state index contributed by atoms with van der Waals surface area (Å²) in [6.45, 7) is 3.30. The van der Waals surface area contributed by atoms with Gasteiger partial charge in [-0.15, -0.1) is 0 Å². The molecule has 4 N–H and O–H groups in total. The number of esters is 1. The normalized spacial score (nSPS) is 10.6. The SMILES string of the molecule is CC(=O)Nc1c(O)cccc1[As](=O)(O)O.CCC(=O)OCc1cccc(-c2ccccc2Br)c1. The first-order valence-corrected chi connectivity index (χ1v) is 14.4. The minimum absolute atomic E-state index is 0.175. The van der Waals surface area contributed by atoms with Crippen LogP contribution >= 0.6 is 15.9 Å². The Hall–Kier alpha value is -2.84. The van der Waals surface area contributed by atoms with Gasteiger partial charge in [-0.25, -0.2) is 0 Å². The predicted molar refractivity (Wildman–Crippen MR) is 133 cm³/mol. The number of amides is 1. The number of phenolic OH excluding ortho intramolecular Hbond substituents is 1. The second kappa shape index (κ2) is 12.6. The van der Waals surface area contributed by atoms with E-state index in [0.717, 1.165) is 21.2 Å². The van der Waals surface area contributed by atoms with Crippen molar-refractivity contribution < 1.29 is 31.4 Å². The van der Waals surface area contributed by atoms with E-state index in [0.29, 0.717) is 13.0 Å². The molecule has 3 aromatic rings. The Labute approximate surface area is 208 Å². The minimum atomic E-state index is -5.14. The number of hydrogen-bond donors (Lipinski definition) is 4. The standard InChI is InChI=1S/C16H15BrO2.C8H10AsNO5/c1-2-16(18)19-11-12-6-5-7-13(10-12)14-8-3-4-9-15(14)17;1-5(11)10-8-6(9(13,14)15)3-2-4-7(8)12/h3-10H,2,11H2,1H3;2-4,12H,1H3,(H,10,11)(H2,13,14,15). The van der Waals surface area contributed by atoms with Crippen molar-refractivity contribution in [2.75, 3.05) is 5.32 Å². The summed E-state index contributed by atoms with van der Waals surface area (Å²) in [6, 6.07) is 19.8. The maximum atomic E-state index is 11.2. The van der Waals surface area contributed by atoms with Gasteiger partial charge in [-0.05, 0) is 28.8 Å². The van der Waals surface area contributed by atoms with E-state index in [1.165, 1.54) is 25.1 Å². The average molecular weight is 594 g/mol. The van der Waals surface area contributed by atoms with Gasteiger partial charge in [0.1, 0.15) is 6.61 Å². The molecule has 3 aromatic carbocycles. The first-order valence-electron chi connectivity index (χ1n) is 10.2. The van der Waals surface area contributed by atoms with Crippen LogP contribution in [0.15, 0.2) is 71.2 Å². The molecule has 0 fully saturated rings. The van der Waals surface area contributed by atoms with Crippen LogP contribution in [0.2, 0.25) is 0 Å². The molecule has 0 spiro atoms. The van der Waals surface area contributed by atoms with Crippen molar-refractivity contribution >= 4 is 52.0 Å². The van der Waals surface area contributed by atoms with Gasteiger partial charge < -0.3 is 4.74 Å². The molecule has 0 radical (unpaired) electrons. The molecular formula is C24H25AsBrNO7. The van der Waals surface area contributed by atoms with Crippen molar-refractivity contribution in [3.05, 3.63) is 76.8 Å². The fraction of sp³-hybridized carbons (Fsp3) is 0.167. The molecule has 10 heteroatoms. The largest absolute Gasteiger partial charge is 0.461 e. The number of phenols is 1. The maximum Gasteiger partial charge on any atom is 0.305 e. The molecule has 0 unspecified atom stereocenters. The number of benzene rings is 3. The molecule has 0 aliphatic heterocycles. The number of aromatic hydroxyl groups is 1. The number of halogens is 1. The van der Waals surface area contributed by atoms with Gasteiger partial charge in [0.15, 0.2) is 0 Å². The Morgan fingerprint density at radius 2 is 1.71 bits per heavy atom. The molecule has 0 saturated carbocycles. The molecule has 34 heavy (non-hydrogen) atoms. The summed E-state index contributed by atoms with van der Waals surface area (Å²) < 4.78 is 35.0. The van der Waals surface area contributed by atoms with Crippen molar-refractivity contribution in [2.45, 2.75) is 26.9 Å². The third-order valence-electron chi connectivity index (χ3n) is 4.44. The van der Waals surface area contributed by atoms with E-state index in [1.807, 2.05) is 42.5 Å². The molecule has 0 aliphatic rings. The summed E-state index contributed by atoms with van der Waals surface area (Å²) in [7, 11) is 0. The zero-order chi connectivity index (χ0) is 25.3. The van der Waals surface area contributed by atoms with E-state index in [9.17, 15) is 18.4 Å². The number of anilines is 1. The average Bonchev–Trinajstić information content (AvgIpc) is 2.78. The Morgan fingerprint density at radius 3 is 2.32 bits per heavy atom. The van der Waals surface area contributed by atoms with Crippen molar-refractivity contribution in [3.63, 3.8) is 0 Å². The van der Waals surface area contributed by atoms with Crippen LogP contribution in [0.1, 0.15) is 25.8 Å².